The highest BCUT2D eigenvalue weighted by Gasteiger charge is 2.10. The first-order valence-electron chi connectivity index (χ1n) is 5.26. The highest BCUT2D eigenvalue weighted by atomic mass is 19.1. The van der Waals surface area contributed by atoms with E-state index in [9.17, 15) is 13.9 Å². The summed E-state index contributed by atoms with van der Waals surface area (Å²) in [6.07, 6.45) is 1.75. The van der Waals surface area contributed by atoms with Crippen molar-refractivity contribution in [3.63, 3.8) is 0 Å². The Morgan fingerprint density at radius 2 is 1.80 bits per heavy atom. The second kappa shape index (κ2) is 5.81. The molecule has 0 aliphatic rings. The number of rotatable bonds is 5. The molecule has 0 radical (unpaired) electrons. The Labute approximate surface area is 88.7 Å². The van der Waals surface area contributed by atoms with E-state index in [1.54, 1.807) is 0 Å². The highest BCUT2D eigenvalue weighted by molar-refractivity contribution is 5.19. The summed E-state index contributed by atoms with van der Waals surface area (Å²) in [5.74, 6) is -1.06. The summed E-state index contributed by atoms with van der Waals surface area (Å²) >= 11 is 0. The summed E-state index contributed by atoms with van der Waals surface area (Å²) in [7, 11) is 0. The molecule has 0 spiro atoms. The van der Waals surface area contributed by atoms with Crippen LogP contribution in [0, 0.1) is 11.6 Å². The van der Waals surface area contributed by atoms with Crippen molar-refractivity contribution < 1.29 is 13.9 Å². The second-order valence-electron chi connectivity index (χ2n) is 3.68. The maximum absolute atomic E-state index is 13.2. The van der Waals surface area contributed by atoms with E-state index in [0.717, 1.165) is 6.42 Å². The lowest BCUT2D eigenvalue weighted by Crippen LogP contribution is -2.08. The van der Waals surface area contributed by atoms with Crippen molar-refractivity contribution in [2.75, 3.05) is 0 Å². The molecule has 0 heterocycles. The van der Waals surface area contributed by atoms with E-state index in [1.807, 2.05) is 6.92 Å². The molecule has 84 valence electrons. The Kier molecular flexibility index (Phi) is 4.69. The van der Waals surface area contributed by atoms with Gasteiger partial charge in [0.1, 0.15) is 11.6 Å². The van der Waals surface area contributed by atoms with Gasteiger partial charge < -0.3 is 5.11 Å². The summed E-state index contributed by atoms with van der Waals surface area (Å²) in [5.41, 5.74) is 0.0765. The molecular weight excluding hydrogens is 198 g/mol. The minimum Gasteiger partial charge on any atom is -0.393 e. The molecular formula is C12H16F2O. The van der Waals surface area contributed by atoms with Crippen LogP contribution in [0.15, 0.2) is 18.2 Å². The van der Waals surface area contributed by atoms with Crippen LogP contribution in [-0.4, -0.2) is 11.2 Å². The van der Waals surface area contributed by atoms with Gasteiger partial charge in [-0.2, -0.15) is 0 Å². The van der Waals surface area contributed by atoms with Gasteiger partial charge in [-0.3, -0.25) is 0 Å². The normalized spacial score (nSPS) is 12.8. The molecule has 1 atom stereocenters. The average molecular weight is 214 g/mol. The van der Waals surface area contributed by atoms with E-state index in [1.165, 1.54) is 18.2 Å². The Bertz CT molecular complexity index is 292. The van der Waals surface area contributed by atoms with Crippen LogP contribution in [0.5, 0.6) is 0 Å². The average Bonchev–Trinajstić information content (AvgIpc) is 2.17. The van der Waals surface area contributed by atoms with Gasteiger partial charge in [0.2, 0.25) is 0 Å². The van der Waals surface area contributed by atoms with Crippen LogP contribution >= 0.6 is 0 Å². The van der Waals surface area contributed by atoms with Crippen LogP contribution in [0.3, 0.4) is 0 Å². The second-order valence-corrected chi connectivity index (χ2v) is 3.68. The molecule has 1 unspecified atom stereocenters. The first-order valence-corrected chi connectivity index (χ1v) is 5.26. The number of hydrogen-bond donors (Lipinski definition) is 1. The predicted molar refractivity (Wildman–Crippen MR) is 55.6 cm³/mol. The molecule has 0 bridgehead atoms. The first kappa shape index (κ1) is 12.1. The zero-order valence-electron chi connectivity index (χ0n) is 8.84. The Morgan fingerprint density at radius 1 is 1.20 bits per heavy atom. The van der Waals surface area contributed by atoms with Crippen molar-refractivity contribution in [2.45, 2.75) is 38.7 Å². The summed E-state index contributed by atoms with van der Waals surface area (Å²) in [5, 5.41) is 9.45. The van der Waals surface area contributed by atoms with E-state index in [0.29, 0.717) is 12.8 Å². The lowest BCUT2D eigenvalue weighted by atomic mass is 10.0. The quantitative estimate of drug-likeness (QED) is 0.798. The third kappa shape index (κ3) is 3.59. The smallest absolute Gasteiger partial charge is 0.129 e. The third-order valence-corrected chi connectivity index (χ3v) is 2.41. The van der Waals surface area contributed by atoms with E-state index in [-0.39, 0.29) is 12.0 Å². The lowest BCUT2D eigenvalue weighted by molar-refractivity contribution is 0.153. The lowest BCUT2D eigenvalue weighted by Gasteiger charge is -2.09. The minimum absolute atomic E-state index is 0.0765. The van der Waals surface area contributed by atoms with Gasteiger partial charge in [0.15, 0.2) is 0 Å². The van der Waals surface area contributed by atoms with E-state index in [4.69, 9.17) is 0 Å². The van der Waals surface area contributed by atoms with Gasteiger partial charge in [0.05, 0.1) is 6.10 Å². The zero-order chi connectivity index (χ0) is 11.3. The van der Waals surface area contributed by atoms with Gasteiger partial charge in [0.25, 0.3) is 0 Å². The van der Waals surface area contributed by atoms with Crippen molar-refractivity contribution in [1.29, 1.82) is 0 Å². The van der Waals surface area contributed by atoms with Gasteiger partial charge in [0, 0.05) is 5.56 Å². The van der Waals surface area contributed by atoms with Crippen molar-refractivity contribution in [3.8, 4) is 0 Å². The van der Waals surface area contributed by atoms with E-state index in [2.05, 4.69) is 0 Å². The zero-order valence-corrected chi connectivity index (χ0v) is 8.84. The van der Waals surface area contributed by atoms with Gasteiger partial charge in [-0.05, 0) is 31.4 Å². The van der Waals surface area contributed by atoms with E-state index < -0.39 is 17.7 Å². The maximum Gasteiger partial charge on any atom is 0.129 e. The summed E-state index contributed by atoms with van der Waals surface area (Å²) in [6, 6.07) is 3.83. The first-order chi connectivity index (χ1) is 7.15. The van der Waals surface area contributed by atoms with Crippen molar-refractivity contribution >= 4 is 0 Å². The molecule has 0 amide bonds. The molecule has 15 heavy (non-hydrogen) atoms. The van der Waals surface area contributed by atoms with Crippen LogP contribution in [0.1, 0.15) is 31.7 Å². The molecule has 0 saturated heterocycles. The minimum atomic E-state index is -0.529. The number of hydrogen-bond acceptors (Lipinski definition) is 1. The Balaban J connectivity index is 2.57. The SMILES string of the molecule is CCCC(O)CCc1c(F)cccc1F. The molecule has 1 aromatic rings. The molecule has 0 fully saturated rings. The van der Waals surface area contributed by atoms with Crippen LogP contribution in [-0.2, 0) is 6.42 Å². The van der Waals surface area contributed by atoms with Crippen LogP contribution in [0.4, 0.5) is 8.78 Å². The summed E-state index contributed by atoms with van der Waals surface area (Å²) in [4.78, 5) is 0. The van der Waals surface area contributed by atoms with Crippen LogP contribution in [0.25, 0.3) is 0 Å². The highest BCUT2D eigenvalue weighted by Crippen LogP contribution is 2.15. The number of halogens is 2. The topological polar surface area (TPSA) is 20.2 Å². The fourth-order valence-corrected chi connectivity index (χ4v) is 1.56. The molecule has 1 aromatic carbocycles. The molecule has 0 aliphatic carbocycles. The fourth-order valence-electron chi connectivity index (χ4n) is 1.56. The van der Waals surface area contributed by atoms with E-state index >= 15 is 0 Å². The van der Waals surface area contributed by atoms with Crippen molar-refractivity contribution in [2.24, 2.45) is 0 Å². The molecule has 0 aliphatic heterocycles. The monoisotopic (exact) mass is 214 g/mol. The molecule has 3 heteroatoms. The molecule has 1 rings (SSSR count). The Hall–Kier alpha value is -0.960. The van der Waals surface area contributed by atoms with Gasteiger partial charge in [-0.1, -0.05) is 19.4 Å². The summed E-state index contributed by atoms with van der Waals surface area (Å²) in [6.45, 7) is 1.97. The molecule has 0 aromatic heterocycles. The number of benzene rings is 1. The maximum atomic E-state index is 13.2. The third-order valence-electron chi connectivity index (χ3n) is 2.41. The molecule has 1 nitrogen and oxygen atoms in total. The molecule has 1 N–H and O–H groups in total. The number of aliphatic hydroxyl groups excluding tert-OH is 1. The summed E-state index contributed by atoms with van der Waals surface area (Å²) < 4.78 is 26.3. The van der Waals surface area contributed by atoms with Crippen LogP contribution < -0.4 is 0 Å². The Morgan fingerprint density at radius 3 is 2.33 bits per heavy atom. The fraction of sp³-hybridized carbons (Fsp3) is 0.500. The van der Waals surface area contributed by atoms with Crippen LogP contribution in [0.2, 0.25) is 0 Å². The standard InChI is InChI=1S/C12H16F2O/c1-2-4-9(15)7-8-10-11(13)5-3-6-12(10)14/h3,5-6,9,15H,2,4,7-8H2,1H3. The van der Waals surface area contributed by atoms with Crippen molar-refractivity contribution in [3.05, 3.63) is 35.4 Å². The van der Waals surface area contributed by atoms with Gasteiger partial charge in [-0.25, -0.2) is 8.78 Å². The van der Waals surface area contributed by atoms with Crippen molar-refractivity contribution in [1.82, 2.24) is 0 Å². The predicted octanol–water partition coefficient (Wildman–Crippen LogP) is 3.06. The van der Waals surface area contributed by atoms with Gasteiger partial charge >= 0.3 is 0 Å². The van der Waals surface area contributed by atoms with Gasteiger partial charge in [-0.15, -0.1) is 0 Å². The number of aliphatic hydroxyl groups is 1. The largest absolute Gasteiger partial charge is 0.393 e. The molecule has 0 saturated carbocycles.